The van der Waals surface area contributed by atoms with Crippen molar-refractivity contribution in [3.63, 3.8) is 0 Å². The summed E-state index contributed by atoms with van der Waals surface area (Å²) in [7, 11) is 1.70. The van der Waals surface area contributed by atoms with Crippen molar-refractivity contribution in [2.75, 3.05) is 0 Å². The van der Waals surface area contributed by atoms with E-state index < -0.39 is 0 Å². The summed E-state index contributed by atoms with van der Waals surface area (Å²) in [6.07, 6.45) is 0. The molecule has 0 aliphatic carbocycles. The van der Waals surface area contributed by atoms with Crippen molar-refractivity contribution < 1.29 is 4.42 Å². The second-order valence-corrected chi connectivity index (χ2v) is 5.98. The van der Waals surface area contributed by atoms with E-state index in [9.17, 15) is 4.79 Å². The van der Waals surface area contributed by atoms with Crippen molar-refractivity contribution in [2.45, 2.75) is 33.7 Å². The molecule has 6 nitrogen and oxygen atoms in total. The van der Waals surface area contributed by atoms with Crippen molar-refractivity contribution in [2.24, 2.45) is 12.8 Å². The Morgan fingerprint density at radius 2 is 1.91 bits per heavy atom. The van der Waals surface area contributed by atoms with Gasteiger partial charge in [0.1, 0.15) is 11.5 Å². The molecule has 2 N–H and O–H groups in total. The van der Waals surface area contributed by atoms with Gasteiger partial charge in [-0.2, -0.15) is 0 Å². The van der Waals surface area contributed by atoms with Gasteiger partial charge in [-0.05, 0) is 38.0 Å². The average molecular weight is 312 g/mol. The molecule has 0 spiro atoms. The first-order chi connectivity index (χ1) is 10.8. The molecule has 0 aliphatic heterocycles. The molecule has 0 saturated heterocycles. The SMILES string of the molecule is Cc1cc([C@@H](C)N)c2nc(-c3nc(C)oc3C)n(C)c(=O)c2c1. The smallest absolute Gasteiger partial charge is 0.261 e. The zero-order valence-corrected chi connectivity index (χ0v) is 14.0. The van der Waals surface area contributed by atoms with Gasteiger partial charge in [-0.15, -0.1) is 0 Å². The zero-order valence-electron chi connectivity index (χ0n) is 14.0. The van der Waals surface area contributed by atoms with Crippen LogP contribution in [-0.2, 0) is 7.05 Å². The fourth-order valence-electron chi connectivity index (χ4n) is 2.85. The maximum Gasteiger partial charge on any atom is 0.261 e. The molecule has 23 heavy (non-hydrogen) atoms. The van der Waals surface area contributed by atoms with Gasteiger partial charge < -0.3 is 10.2 Å². The topological polar surface area (TPSA) is 86.9 Å². The summed E-state index contributed by atoms with van der Waals surface area (Å²) in [6.45, 7) is 7.42. The van der Waals surface area contributed by atoms with Crippen LogP contribution in [0.25, 0.3) is 22.4 Å². The number of rotatable bonds is 2. The number of nitrogens with zero attached hydrogens (tertiary/aromatic N) is 3. The van der Waals surface area contributed by atoms with Gasteiger partial charge in [-0.1, -0.05) is 6.07 Å². The van der Waals surface area contributed by atoms with Crippen LogP contribution in [0.5, 0.6) is 0 Å². The summed E-state index contributed by atoms with van der Waals surface area (Å²) in [5.41, 5.74) is 9.02. The summed E-state index contributed by atoms with van der Waals surface area (Å²) in [5.74, 6) is 1.67. The molecule has 0 radical (unpaired) electrons. The molecule has 0 saturated carbocycles. The van der Waals surface area contributed by atoms with Gasteiger partial charge in [0.05, 0.1) is 10.9 Å². The van der Waals surface area contributed by atoms with E-state index >= 15 is 0 Å². The van der Waals surface area contributed by atoms with Crippen molar-refractivity contribution in [1.82, 2.24) is 14.5 Å². The van der Waals surface area contributed by atoms with Crippen molar-refractivity contribution in [3.8, 4) is 11.5 Å². The normalized spacial score (nSPS) is 12.8. The Kier molecular flexibility index (Phi) is 3.56. The van der Waals surface area contributed by atoms with Crippen molar-refractivity contribution >= 4 is 10.9 Å². The van der Waals surface area contributed by atoms with E-state index in [0.29, 0.717) is 34.1 Å². The second-order valence-electron chi connectivity index (χ2n) is 5.98. The molecule has 3 aromatic rings. The fourth-order valence-corrected chi connectivity index (χ4v) is 2.85. The van der Waals surface area contributed by atoms with Crippen LogP contribution < -0.4 is 11.3 Å². The summed E-state index contributed by atoms with van der Waals surface area (Å²) >= 11 is 0. The molecular weight excluding hydrogens is 292 g/mol. The van der Waals surface area contributed by atoms with Crippen LogP contribution in [0.3, 0.4) is 0 Å². The van der Waals surface area contributed by atoms with Gasteiger partial charge in [-0.25, -0.2) is 9.97 Å². The van der Waals surface area contributed by atoms with E-state index in [1.165, 1.54) is 4.57 Å². The molecule has 1 aromatic carbocycles. The minimum Gasteiger partial charge on any atom is -0.446 e. The van der Waals surface area contributed by atoms with E-state index in [4.69, 9.17) is 15.1 Å². The van der Waals surface area contributed by atoms with Crippen LogP contribution in [-0.4, -0.2) is 14.5 Å². The van der Waals surface area contributed by atoms with Crippen LogP contribution >= 0.6 is 0 Å². The van der Waals surface area contributed by atoms with Crippen LogP contribution in [0.15, 0.2) is 21.3 Å². The standard InChI is InChI=1S/C17H20N4O2/c1-8-6-12(9(2)18)15-13(7-8)17(22)21(5)16(20-15)14-10(3)23-11(4)19-14/h6-7,9H,18H2,1-5H3/t9-/m1/s1. The zero-order chi connectivity index (χ0) is 16.9. The third kappa shape index (κ3) is 2.45. The average Bonchev–Trinajstić information content (AvgIpc) is 2.81. The van der Waals surface area contributed by atoms with Gasteiger partial charge >= 0.3 is 0 Å². The molecule has 0 unspecified atom stereocenters. The number of hydrogen-bond acceptors (Lipinski definition) is 5. The monoisotopic (exact) mass is 312 g/mol. The minimum atomic E-state index is -0.218. The quantitative estimate of drug-likeness (QED) is 0.785. The molecule has 120 valence electrons. The molecule has 0 aliphatic rings. The van der Waals surface area contributed by atoms with E-state index in [-0.39, 0.29) is 11.6 Å². The first kappa shape index (κ1) is 15.4. The van der Waals surface area contributed by atoms with Crippen LogP contribution in [0.4, 0.5) is 0 Å². The highest BCUT2D eigenvalue weighted by molar-refractivity contribution is 5.84. The lowest BCUT2D eigenvalue weighted by Crippen LogP contribution is -2.22. The molecule has 2 heterocycles. The Hall–Kier alpha value is -2.47. The Morgan fingerprint density at radius 1 is 1.22 bits per heavy atom. The summed E-state index contributed by atoms with van der Waals surface area (Å²) in [6, 6.07) is 3.61. The van der Waals surface area contributed by atoms with Crippen LogP contribution in [0, 0.1) is 20.8 Å². The van der Waals surface area contributed by atoms with Crippen molar-refractivity contribution in [3.05, 3.63) is 45.3 Å². The highest BCUT2D eigenvalue weighted by atomic mass is 16.4. The fraction of sp³-hybridized carbons (Fsp3) is 0.353. The third-order valence-electron chi connectivity index (χ3n) is 3.96. The van der Waals surface area contributed by atoms with Gasteiger partial charge in [0.25, 0.3) is 5.56 Å². The molecule has 2 aromatic heterocycles. The number of aryl methyl sites for hydroxylation is 3. The highest BCUT2D eigenvalue weighted by Gasteiger charge is 2.19. The predicted molar refractivity (Wildman–Crippen MR) is 89.3 cm³/mol. The lowest BCUT2D eigenvalue weighted by Gasteiger charge is -2.13. The number of aromatic nitrogens is 3. The number of oxazole rings is 1. The largest absolute Gasteiger partial charge is 0.446 e. The minimum absolute atomic E-state index is 0.115. The lowest BCUT2D eigenvalue weighted by atomic mass is 10.0. The van der Waals surface area contributed by atoms with Crippen molar-refractivity contribution in [1.29, 1.82) is 0 Å². The Balaban J connectivity index is 2.44. The Morgan fingerprint density at radius 3 is 2.48 bits per heavy atom. The molecule has 6 heteroatoms. The van der Waals surface area contributed by atoms with E-state index in [1.54, 1.807) is 14.0 Å². The molecule has 3 rings (SSSR count). The molecule has 0 amide bonds. The molecule has 0 bridgehead atoms. The number of fused-ring (bicyclic) bond motifs is 1. The first-order valence-electron chi connectivity index (χ1n) is 7.51. The van der Waals surface area contributed by atoms with Crippen LogP contribution in [0.2, 0.25) is 0 Å². The summed E-state index contributed by atoms with van der Waals surface area (Å²) in [5, 5.41) is 0.571. The number of hydrogen-bond donors (Lipinski definition) is 1. The lowest BCUT2D eigenvalue weighted by molar-refractivity contribution is 0.494. The summed E-state index contributed by atoms with van der Waals surface area (Å²) < 4.78 is 6.99. The van der Waals surface area contributed by atoms with Crippen LogP contribution in [0.1, 0.15) is 35.7 Å². The summed E-state index contributed by atoms with van der Waals surface area (Å²) in [4.78, 5) is 21.9. The van der Waals surface area contributed by atoms with Gasteiger partial charge in [0.15, 0.2) is 11.7 Å². The molecule has 0 fully saturated rings. The van der Waals surface area contributed by atoms with Gasteiger partial charge in [-0.3, -0.25) is 9.36 Å². The molecule has 1 atom stereocenters. The van der Waals surface area contributed by atoms with E-state index in [1.807, 2.05) is 32.9 Å². The Labute approximate surface area is 134 Å². The number of benzene rings is 1. The Bertz CT molecular complexity index is 967. The van der Waals surface area contributed by atoms with Gasteiger partial charge in [0.2, 0.25) is 0 Å². The van der Waals surface area contributed by atoms with E-state index in [2.05, 4.69) is 4.98 Å². The first-order valence-corrected chi connectivity index (χ1v) is 7.51. The molecular formula is C17H20N4O2. The predicted octanol–water partition coefficient (Wildman–Crippen LogP) is 2.53. The third-order valence-corrected chi connectivity index (χ3v) is 3.96. The highest BCUT2D eigenvalue weighted by Crippen LogP contribution is 2.26. The maximum absolute atomic E-state index is 12.8. The second kappa shape index (κ2) is 5.31. The maximum atomic E-state index is 12.8. The van der Waals surface area contributed by atoms with Gasteiger partial charge in [0, 0.05) is 20.0 Å². The van der Waals surface area contributed by atoms with E-state index in [0.717, 1.165) is 11.1 Å². The number of nitrogens with two attached hydrogens (primary N) is 1.